The van der Waals surface area contributed by atoms with Crippen molar-refractivity contribution in [2.24, 2.45) is 0 Å². The average Bonchev–Trinajstić information content (AvgIpc) is 2.73. The van der Waals surface area contributed by atoms with Gasteiger partial charge in [0.15, 0.2) is 5.82 Å². The Labute approximate surface area is 182 Å². The number of fused-ring (bicyclic) bond motifs is 1. The van der Waals surface area contributed by atoms with E-state index in [0.717, 1.165) is 6.07 Å². The van der Waals surface area contributed by atoms with E-state index >= 15 is 0 Å². The smallest absolute Gasteiger partial charge is 0.298 e. The summed E-state index contributed by atoms with van der Waals surface area (Å²) in [7, 11) is 0. The number of aliphatic hydroxyl groups is 1. The van der Waals surface area contributed by atoms with Gasteiger partial charge in [0.05, 0.1) is 47.8 Å². The molecule has 1 aliphatic heterocycles. The van der Waals surface area contributed by atoms with Crippen LogP contribution >= 0.6 is 0 Å². The molecule has 1 aromatic carbocycles. The van der Waals surface area contributed by atoms with Crippen molar-refractivity contribution in [1.82, 2.24) is 15.2 Å². The third kappa shape index (κ3) is 3.94. The lowest BCUT2D eigenvalue weighted by atomic mass is 9.98. The van der Waals surface area contributed by atoms with Crippen molar-refractivity contribution in [2.75, 3.05) is 29.9 Å². The summed E-state index contributed by atoms with van der Waals surface area (Å²) in [6, 6.07) is 4.71. The maximum Gasteiger partial charge on any atom is 0.298 e. The monoisotopic (exact) mass is 449 g/mol. The summed E-state index contributed by atoms with van der Waals surface area (Å²) in [5.41, 5.74) is -0.266. The van der Waals surface area contributed by atoms with Crippen LogP contribution < -0.4 is 10.2 Å². The lowest BCUT2D eigenvalue weighted by molar-refractivity contribution is -0.0583. The molecule has 32 heavy (non-hydrogen) atoms. The van der Waals surface area contributed by atoms with Crippen molar-refractivity contribution >= 4 is 22.4 Å². The van der Waals surface area contributed by atoms with Gasteiger partial charge in [-0.2, -0.15) is 13.9 Å². The molecular weight excluding hydrogens is 426 g/mol. The number of nitrogens with one attached hydrogen (secondary N) is 1. The Kier molecular flexibility index (Phi) is 5.44. The van der Waals surface area contributed by atoms with Gasteiger partial charge in [-0.25, -0.2) is 8.78 Å². The second kappa shape index (κ2) is 7.84. The second-order valence-electron chi connectivity index (χ2n) is 8.43. The van der Waals surface area contributed by atoms with E-state index in [1.807, 2.05) is 4.90 Å². The Balaban J connectivity index is 1.69. The van der Waals surface area contributed by atoms with Gasteiger partial charge in [-0.3, -0.25) is 4.98 Å². The summed E-state index contributed by atoms with van der Waals surface area (Å²) >= 11 is 0. The van der Waals surface area contributed by atoms with Gasteiger partial charge in [-0.15, -0.1) is 5.10 Å². The zero-order chi connectivity index (χ0) is 23.3. The van der Waals surface area contributed by atoms with E-state index in [9.17, 15) is 17.6 Å². The molecule has 1 atom stereocenters. The Morgan fingerprint density at radius 2 is 2.00 bits per heavy atom. The van der Waals surface area contributed by atoms with Gasteiger partial charge < -0.3 is 15.3 Å². The van der Waals surface area contributed by atoms with Gasteiger partial charge in [0.2, 0.25) is 0 Å². The standard InChI is InChI=1S/C22H23F4N5O/c1-12(15-5-4-6-17(18(15)23)22(25,26)11-32)28-20-16-7-14(31-9-21(3,24)10-31)8-27-19(16)13(2)29-30-20/h4-8,12,32H,9-11H2,1-3H3,(H,28,30)/t12-/m1/s1. The molecule has 0 radical (unpaired) electrons. The molecule has 1 aliphatic rings. The van der Waals surface area contributed by atoms with Crippen LogP contribution in [0.15, 0.2) is 30.5 Å². The predicted molar refractivity (Wildman–Crippen MR) is 113 cm³/mol. The molecule has 3 aromatic rings. The number of hydrogen-bond donors (Lipinski definition) is 2. The molecule has 6 nitrogen and oxygen atoms in total. The molecule has 0 bridgehead atoms. The fourth-order valence-corrected chi connectivity index (χ4v) is 3.90. The minimum atomic E-state index is -3.70. The SMILES string of the molecule is Cc1nnc(N[C@H](C)c2cccc(C(F)(F)CO)c2F)c2cc(N3CC(C)(F)C3)cnc12. The summed E-state index contributed by atoms with van der Waals surface area (Å²) in [4.78, 5) is 6.28. The first kappa shape index (κ1) is 22.2. The summed E-state index contributed by atoms with van der Waals surface area (Å²) < 4.78 is 56.6. The lowest BCUT2D eigenvalue weighted by Gasteiger charge is -2.43. The molecule has 0 unspecified atom stereocenters. The summed E-state index contributed by atoms with van der Waals surface area (Å²) in [5.74, 6) is -4.50. The zero-order valence-corrected chi connectivity index (χ0v) is 17.8. The van der Waals surface area contributed by atoms with Crippen molar-refractivity contribution < 1.29 is 22.7 Å². The Morgan fingerprint density at radius 3 is 2.66 bits per heavy atom. The van der Waals surface area contributed by atoms with Gasteiger partial charge >= 0.3 is 0 Å². The molecule has 4 rings (SSSR count). The molecule has 0 spiro atoms. The van der Waals surface area contributed by atoms with Crippen molar-refractivity contribution in [3.63, 3.8) is 0 Å². The Morgan fingerprint density at radius 1 is 1.28 bits per heavy atom. The van der Waals surface area contributed by atoms with Crippen LogP contribution in [-0.2, 0) is 5.92 Å². The van der Waals surface area contributed by atoms with E-state index in [2.05, 4.69) is 20.5 Å². The summed E-state index contributed by atoms with van der Waals surface area (Å²) in [6.45, 7) is 3.88. The summed E-state index contributed by atoms with van der Waals surface area (Å²) in [6.07, 6.45) is 1.64. The van der Waals surface area contributed by atoms with Crippen LogP contribution in [0.4, 0.5) is 29.1 Å². The Bertz CT molecular complexity index is 1160. The molecule has 3 heterocycles. The molecule has 10 heteroatoms. The fourth-order valence-electron chi connectivity index (χ4n) is 3.90. The number of rotatable bonds is 6. The number of aliphatic hydroxyl groups excluding tert-OH is 1. The maximum absolute atomic E-state index is 14.9. The highest BCUT2D eigenvalue weighted by atomic mass is 19.3. The largest absolute Gasteiger partial charge is 0.390 e. The van der Waals surface area contributed by atoms with Gasteiger partial charge in [0, 0.05) is 10.9 Å². The number of hydrogen-bond acceptors (Lipinski definition) is 6. The second-order valence-corrected chi connectivity index (χ2v) is 8.43. The van der Waals surface area contributed by atoms with Crippen molar-refractivity contribution in [1.29, 1.82) is 0 Å². The third-order valence-electron chi connectivity index (χ3n) is 5.62. The van der Waals surface area contributed by atoms with E-state index in [-0.39, 0.29) is 18.7 Å². The summed E-state index contributed by atoms with van der Waals surface area (Å²) in [5, 5.41) is 20.8. The normalized spacial score (nSPS) is 16.7. The van der Waals surface area contributed by atoms with Crippen molar-refractivity contribution in [3.05, 3.63) is 53.1 Å². The number of aromatic nitrogens is 3. The number of nitrogens with zero attached hydrogens (tertiary/aromatic N) is 4. The third-order valence-corrected chi connectivity index (χ3v) is 5.62. The van der Waals surface area contributed by atoms with E-state index in [4.69, 9.17) is 5.11 Å². The minimum absolute atomic E-state index is 0.00815. The number of pyridine rings is 1. The Hall–Kier alpha value is -3.01. The van der Waals surface area contributed by atoms with Crippen LogP contribution in [0.1, 0.15) is 36.7 Å². The van der Waals surface area contributed by atoms with Crippen LogP contribution in [0, 0.1) is 12.7 Å². The maximum atomic E-state index is 14.9. The number of aryl methyl sites for hydroxylation is 1. The van der Waals surface area contributed by atoms with E-state index in [1.165, 1.54) is 19.1 Å². The molecular formula is C22H23F4N5O. The van der Waals surface area contributed by atoms with Crippen LogP contribution in [0.2, 0.25) is 0 Å². The van der Waals surface area contributed by atoms with Crippen LogP contribution in [0.25, 0.3) is 10.9 Å². The van der Waals surface area contributed by atoms with Crippen LogP contribution in [0.3, 0.4) is 0 Å². The highest BCUT2D eigenvalue weighted by Crippen LogP contribution is 2.35. The van der Waals surface area contributed by atoms with E-state index in [1.54, 1.807) is 26.1 Å². The molecule has 2 N–H and O–H groups in total. The number of halogens is 4. The first-order valence-corrected chi connectivity index (χ1v) is 10.1. The topological polar surface area (TPSA) is 74.2 Å². The number of alkyl halides is 3. The molecule has 170 valence electrons. The lowest BCUT2D eigenvalue weighted by Crippen LogP contribution is -2.57. The van der Waals surface area contributed by atoms with Gasteiger partial charge in [-0.05, 0) is 32.9 Å². The van der Waals surface area contributed by atoms with Gasteiger partial charge in [0.25, 0.3) is 5.92 Å². The highest BCUT2D eigenvalue weighted by molar-refractivity contribution is 5.92. The van der Waals surface area contributed by atoms with Crippen molar-refractivity contribution in [3.8, 4) is 0 Å². The van der Waals surface area contributed by atoms with Crippen LogP contribution in [0.5, 0.6) is 0 Å². The van der Waals surface area contributed by atoms with Crippen molar-refractivity contribution in [2.45, 2.75) is 38.4 Å². The molecule has 2 aromatic heterocycles. The van der Waals surface area contributed by atoms with E-state index < -0.39 is 35.6 Å². The molecule has 0 amide bonds. The quantitative estimate of drug-likeness (QED) is 0.548. The molecule has 0 saturated carbocycles. The molecule has 1 saturated heterocycles. The van der Waals surface area contributed by atoms with E-state index in [0.29, 0.717) is 28.1 Å². The van der Waals surface area contributed by atoms with Gasteiger partial charge in [0.1, 0.15) is 18.1 Å². The molecule has 1 fully saturated rings. The van der Waals surface area contributed by atoms with Gasteiger partial charge in [-0.1, -0.05) is 12.1 Å². The minimum Gasteiger partial charge on any atom is -0.390 e. The number of benzene rings is 1. The predicted octanol–water partition coefficient (Wildman–Crippen LogP) is 4.28. The molecule has 0 aliphatic carbocycles. The fraction of sp³-hybridized carbons (Fsp3) is 0.409. The zero-order valence-electron chi connectivity index (χ0n) is 17.8. The number of anilines is 2. The average molecular weight is 449 g/mol. The first-order valence-electron chi connectivity index (χ1n) is 10.1. The highest BCUT2D eigenvalue weighted by Gasteiger charge is 2.39. The first-order chi connectivity index (χ1) is 15.0. The van der Waals surface area contributed by atoms with Crippen LogP contribution in [-0.4, -0.2) is 45.7 Å².